The summed E-state index contributed by atoms with van der Waals surface area (Å²) in [7, 11) is 0. The van der Waals surface area contributed by atoms with E-state index < -0.39 is 11.4 Å². The van der Waals surface area contributed by atoms with Crippen LogP contribution in [0.1, 0.15) is 69.9 Å². The van der Waals surface area contributed by atoms with Crippen LogP contribution in [0.3, 0.4) is 0 Å². The van der Waals surface area contributed by atoms with Crippen LogP contribution in [0.4, 0.5) is 0 Å². The van der Waals surface area contributed by atoms with E-state index in [0.717, 1.165) is 16.5 Å². The molecule has 0 heterocycles. The molecule has 21 heavy (non-hydrogen) atoms. The Morgan fingerprint density at radius 2 is 1.90 bits per heavy atom. The lowest BCUT2D eigenvalue weighted by atomic mass is 9.77. The summed E-state index contributed by atoms with van der Waals surface area (Å²) in [6.45, 7) is 6.22. The number of hydrogen-bond donors (Lipinski definition) is 1. The van der Waals surface area contributed by atoms with Gasteiger partial charge in [0.2, 0.25) is 0 Å². The first-order chi connectivity index (χ1) is 9.79. The molecule has 0 saturated heterocycles. The molecule has 0 unspecified atom stereocenters. The van der Waals surface area contributed by atoms with Crippen LogP contribution in [0.15, 0.2) is 18.2 Å². The van der Waals surface area contributed by atoms with E-state index in [1.54, 1.807) is 0 Å². The fourth-order valence-corrected chi connectivity index (χ4v) is 3.67. The van der Waals surface area contributed by atoms with Crippen molar-refractivity contribution in [3.63, 3.8) is 0 Å². The van der Waals surface area contributed by atoms with E-state index >= 15 is 0 Å². The van der Waals surface area contributed by atoms with Gasteiger partial charge in [0.05, 0.1) is 6.42 Å². The summed E-state index contributed by atoms with van der Waals surface area (Å²) < 4.78 is 0. The summed E-state index contributed by atoms with van der Waals surface area (Å²) >= 11 is 6.49. The van der Waals surface area contributed by atoms with Crippen LogP contribution >= 0.6 is 11.6 Å². The van der Waals surface area contributed by atoms with Gasteiger partial charge in [-0.15, -0.1) is 0 Å². The van der Waals surface area contributed by atoms with E-state index in [1.807, 2.05) is 19.9 Å². The Bertz CT molecular complexity index is 514. The van der Waals surface area contributed by atoms with Crippen LogP contribution in [0.2, 0.25) is 5.02 Å². The molecule has 1 saturated carbocycles. The first-order valence-electron chi connectivity index (χ1n) is 7.81. The fourth-order valence-electron chi connectivity index (χ4n) is 3.33. The smallest absolute Gasteiger partial charge is 0.304 e. The molecule has 0 aromatic heterocycles. The van der Waals surface area contributed by atoms with Gasteiger partial charge in [-0.3, -0.25) is 4.79 Å². The quantitative estimate of drug-likeness (QED) is 0.810. The van der Waals surface area contributed by atoms with Crippen LogP contribution < -0.4 is 0 Å². The van der Waals surface area contributed by atoms with Gasteiger partial charge in [0.25, 0.3) is 0 Å². The average molecular weight is 309 g/mol. The third kappa shape index (κ3) is 4.00. The number of carboxylic acid groups (broad SMARTS) is 1. The summed E-state index contributed by atoms with van der Waals surface area (Å²) in [6, 6.07) is 6.14. The Morgan fingerprint density at radius 1 is 1.29 bits per heavy atom. The highest BCUT2D eigenvalue weighted by atomic mass is 35.5. The minimum Gasteiger partial charge on any atom is -0.481 e. The lowest BCUT2D eigenvalue weighted by Gasteiger charge is -2.29. The van der Waals surface area contributed by atoms with Crippen molar-refractivity contribution in [2.24, 2.45) is 5.92 Å². The molecule has 1 fully saturated rings. The normalized spacial score (nSPS) is 23.0. The lowest BCUT2D eigenvalue weighted by Crippen LogP contribution is -2.22. The van der Waals surface area contributed by atoms with Crippen molar-refractivity contribution in [1.82, 2.24) is 0 Å². The van der Waals surface area contributed by atoms with Gasteiger partial charge in [-0.2, -0.15) is 0 Å². The van der Waals surface area contributed by atoms with Gasteiger partial charge < -0.3 is 5.11 Å². The molecule has 0 atom stereocenters. The molecule has 0 radical (unpaired) electrons. The van der Waals surface area contributed by atoms with Gasteiger partial charge in [-0.05, 0) is 41.9 Å². The van der Waals surface area contributed by atoms with Crippen LogP contribution in [-0.2, 0) is 10.2 Å². The summed E-state index contributed by atoms with van der Waals surface area (Å²) in [5.41, 5.74) is 1.84. The number of carboxylic acids is 1. The monoisotopic (exact) mass is 308 g/mol. The van der Waals surface area contributed by atoms with Gasteiger partial charge in [0.15, 0.2) is 0 Å². The third-order valence-corrected chi connectivity index (χ3v) is 5.16. The molecule has 1 aliphatic carbocycles. The number of carbonyl (C=O) groups is 1. The lowest BCUT2D eigenvalue weighted by molar-refractivity contribution is -0.138. The van der Waals surface area contributed by atoms with E-state index in [-0.39, 0.29) is 6.42 Å². The second-order valence-corrected chi connectivity index (χ2v) is 7.55. The van der Waals surface area contributed by atoms with E-state index in [1.165, 1.54) is 31.2 Å². The van der Waals surface area contributed by atoms with Crippen LogP contribution in [-0.4, -0.2) is 11.1 Å². The Balaban J connectivity index is 2.19. The van der Waals surface area contributed by atoms with Gasteiger partial charge in [-0.25, -0.2) is 0 Å². The van der Waals surface area contributed by atoms with Gasteiger partial charge >= 0.3 is 5.97 Å². The zero-order chi connectivity index (χ0) is 15.6. The second kappa shape index (κ2) is 6.39. The summed E-state index contributed by atoms with van der Waals surface area (Å²) in [6.07, 6.45) is 5.07. The minimum atomic E-state index is -0.776. The predicted molar refractivity (Wildman–Crippen MR) is 87.1 cm³/mol. The molecule has 0 amide bonds. The van der Waals surface area contributed by atoms with Crippen molar-refractivity contribution in [2.45, 2.75) is 64.2 Å². The standard InChI is InChI=1S/C18H25ClO2/c1-12-4-6-13(7-5-12)15-9-8-14(10-16(15)19)18(2,3)11-17(20)21/h8-10,12-13H,4-7,11H2,1-3H3,(H,20,21). The molecular formula is C18H25ClO2. The SMILES string of the molecule is CC1CCC(c2ccc(C(C)(C)CC(=O)O)cc2Cl)CC1. The van der Waals surface area contributed by atoms with Crippen LogP contribution in [0.25, 0.3) is 0 Å². The van der Waals surface area contributed by atoms with E-state index in [9.17, 15) is 4.79 Å². The summed E-state index contributed by atoms with van der Waals surface area (Å²) in [5.74, 6) is 0.612. The number of hydrogen-bond acceptors (Lipinski definition) is 1. The van der Waals surface area contributed by atoms with Crippen LogP contribution in [0, 0.1) is 5.92 Å². The first-order valence-corrected chi connectivity index (χ1v) is 8.19. The van der Waals surface area contributed by atoms with E-state index in [4.69, 9.17) is 16.7 Å². The fraction of sp³-hybridized carbons (Fsp3) is 0.611. The molecule has 1 aromatic rings. The summed E-state index contributed by atoms with van der Waals surface area (Å²) in [5, 5.41) is 9.83. The van der Waals surface area contributed by atoms with Gasteiger partial charge in [0, 0.05) is 10.4 Å². The van der Waals surface area contributed by atoms with Crippen molar-refractivity contribution in [3.8, 4) is 0 Å². The van der Waals surface area contributed by atoms with Crippen LogP contribution in [0.5, 0.6) is 0 Å². The van der Waals surface area contributed by atoms with Gasteiger partial charge in [0.1, 0.15) is 0 Å². The Hall–Kier alpha value is -1.02. The molecule has 0 bridgehead atoms. The van der Waals surface area contributed by atoms with E-state index in [0.29, 0.717) is 5.92 Å². The number of benzene rings is 1. The maximum Gasteiger partial charge on any atom is 0.304 e. The Kier molecular flexibility index (Phi) is 4.98. The Morgan fingerprint density at radius 3 is 2.43 bits per heavy atom. The van der Waals surface area contributed by atoms with Crippen molar-refractivity contribution in [2.75, 3.05) is 0 Å². The molecule has 0 spiro atoms. The molecule has 1 aliphatic rings. The van der Waals surface area contributed by atoms with Gasteiger partial charge in [-0.1, -0.05) is 57.3 Å². The molecular weight excluding hydrogens is 284 g/mol. The van der Waals surface area contributed by atoms with Crippen molar-refractivity contribution in [1.29, 1.82) is 0 Å². The van der Waals surface area contributed by atoms with Crippen molar-refractivity contribution in [3.05, 3.63) is 34.3 Å². The molecule has 2 nitrogen and oxygen atoms in total. The number of rotatable bonds is 4. The number of halogens is 1. The predicted octanol–water partition coefficient (Wildman–Crippen LogP) is 5.39. The Labute approximate surface area is 132 Å². The summed E-state index contributed by atoms with van der Waals surface area (Å²) in [4.78, 5) is 11.0. The maximum absolute atomic E-state index is 11.0. The largest absolute Gasteiger partial charge is 0.481 e. The highest BCUT2D eigenvalue weighted by Crippen LogP contribution is 2.40. The minimum absolute atomic E-state index is 0.115. The average Bonchev–Trinajstić information content (AvgIpc) is 2.38. The molecule has 1 N–H and O–H groups in total. The zero-order valence-corrected chi connectivity index (χ0v) is 13.9. The molecule has 116 valence electrons. The highest BCUT2D eigenvalue weighted by Gasteiger charge is 2.26. The topological polar surface area (TPSA) is 37.3 Å². The molecule has 3 heteroatoms. The van der Waals surface area contributed by atoms with Crippen molar-refractivity contribution < 1.29 is 9.90 Å². The molecule has 1 aromatic carbocycles. The highest BCUT2D eigenvalue weighted by molar-refractivity contribution is 6.31. The van der Waals surface area contributed by atoms with Crippen molar-refractivity contribution >= 4 is 17.6 Å². The maximum atomic E-state index is 11.0. The zero-order valence-electron chi connectivity index (χ0n) is 13.2. The molecule has 0 aliphatic heterocycles. The molecule has 2 rings (SSSR count). The second-order valence-electron chi connectivity index (χ2n) is 7.15. The van der Waals surface area contributed by atoms with E-state index in [2.05, 4.69) is 19.1 Å². The third-order valence-electron chi connectivity index (χ3n) is 4.83. The number of aliphatic carboxylic acids is 1. The first kappa shape index (κ1) is 16.4.